The van der Waals surface area contributed by atoms with Gasteiger partial charge in [0.15, 0.2) is 0 Å². The molecule has 2 aromatic rings. The lowest BCUT2D eigenvalue weighted by molar-refractivity contribution is -0.0682. The Hall–Kier alpha value is -1.39. The molecule has 3 heterocycles. The van der Waals surface area contributed by atoms with Crippen LogP contribution in [0, 0.1) is 0 Å². The SMILES string of the molecule is CN1CC[C@H]1C1OCCn2nc3ccccc3c21. The predicted molar refractivity (Wildman–Crippen MR) is 69.5 cm³/mol. The Labute approximate surface area is 106 Å². The summed E-state index contributed by atoms with van der Waals surface area (Å²) in [5.74, 6) is 0. The third-order valence-electron chi connectivity index (χ3n) is 4.25. The Balaban J connectivity index is 1.86. The molecule has 0 saturated carbocycles. The van der Waals surface area contributed by atoms with E-state index in [0.29, 0.717) is 6.04 Å². The molecule has 2 atom stereocenters. The van der Waals surface area contributed by atoms with Gasteiger partial charge in [-0.2, -0.15) is 5.10 Å². The second-order valence-corrected chi connectivity index (χ2v) is 5.25. The minimum Gasteiger partial charge on any atom is -0.368 e. The molecule has 2 aliphatic rings. The van der Waals surface area contributed by atoms with Crippen molar-refractivity contribution in [2.75, 3.05) is 20.2 Å². The third kappa shape index (κ3) is 1.36. The van der Waals surface area contributed by atoms with E-state index in [4.69, 9.17) is 4.74 Å². The number of likely N-dealkylation sites (tertiary alicyclic amines) is 1. The Morgan fingerprint density at radius 3 is 2.94 bits per heavy atom. The fraction of sp³-hybridized carbons (Fsp3) is 0.500. The zero-order valence-electron chi connectivity index (χ0n) is 10.5. The molecular weight excluding hydrogens is 226 g/mol. The fourth-order valence-electron chi connectivity index (χ4n) is 3.13. The van der Waals surface area contributed by atoms with E-state index < -0.39 is 0 Å². The number of rotatable bonds is 1. The first kappa shape index (κ1) is 10.5. The molecule has 2 aliphatic heterocycles. The molecule has 4 rings (SSSR count). The van der Waals surface area contributed by atoms with E-state index in [0.717, 1.165) is 18.7 Å². The van der Waals surface area contributed by atoms with Crippen LogP contribution >= 0.6 is 0 Å². The fourth-order valence-corrected chi connectivity index (χ4v) is 3.13. The van der Waals surface area contributed by atoms with Gasteiger partial charge in [-0.1, -0.05) is 18.2 Å². The van der Waals surface area contributed by atoms with Crippen LogP contribution < -0.4 is 0 Å². The van der Waals surface area contributed by atoms with Crippen molar-refractivity contribution in [1.82, 2.24) is 14.7 Å². The molecule has 1 aromatic carbocycles. The number of benzene rings is 1. The third-order valence-corrected chi connectivity index (χ3v) is 4.25. The molecule has 0 N–H and O–H groups in total. The van der Waals surface area contributed by atoms with Crippen LogP contribution in [0.4, 0.5) is 0 Å². The molecule has 1 saturated heterocycles. The zero-order valence-corrected chi connectivity index (χ0v) is 10.5. The molecule has 4 nitrogen and oxygen atoms in total. The van der Waals surface area contributed by atoms with Crippen molar-refractivity contribution >= 4 is 10.9 Å². The van der Waals surface area contributed by atoms with Crippen LogP contribution in [0.3, 0.4) is 0 Å². The molecule has 18 heavy (non-hydrogen) atoms. The highest BCUT2D eigenvalue weighted by molar-refractivity contribution is 5.82. The van der Waals surface area contributed by atoms with Gasteiger partial charge in [0.25, 0.3) is 0 Å². The van der Waals surface area contributed by atoms with Crippen molar-refractivity contribution in [2.24, 2.45) is 0 Å². The zero-order chi connectivity index (χ0) is 12.1. The highest BCUT2D eigenvalue weighted by Crippen LogP contribution is 2.37. The van der Waals surface area contributed by atoms with Crippen LogP contribution in [0.15, 0.2) is 24.3 Å². The van der Waals surface area contributed by atoms with Crippen LogP contribution in [0.2, 0.25) is 0 Å². The van der Waals surface area contributed by atoms with E-state index in [9.17, 15) is 0 Å². The maximum atomic E-state index is 6.04. The molecule has 0 radical (unpaired) electrons. The topological polar surface area (TPSA) is 30.3 Å². The predicted octanol–water partition coefficient (Wildman–Crippen LogP) is 1.81. The van der Waals surface area contributed by atoms with Crippen molar-refractivity contribution in [2.45, 2.75) is 25.1 Å². The average molecular weight is 243 g/mol. The lowest BCUT2D eigenvalue weighted by Gasteiger charge is -2.44. The summed E-state index contributed by atoms with van der Waals surface area (Å²) in [5.41, 5.74) is 2.36. The Bertz CT molecular complexity index is 592. The van der Waals surface area contributed by atoms with Crippen LogP contribution in [0.5, 0.6) is 0 Å². The molecule has 4 heteroatoms. The molecule has 0 spiro atoms. The Morgan fingerprint density at radius 1 is 1.28 bits per heavy atom. The quantitative estimate of drug-likeness (QED) is 0.765. The van der Waals surface area contributed by atoms with Gasteiger partial charge in [0, 0.05) is 11.4 Å². The summed E-state index contributed by atoms with van der Waals surface area (Å²) in [6.45, 7) is 2.82. The number of hydrogen-bond donors (Lipinski definition) is 0. The molecule has 0 bridgehead atoms. The maximum absolute atomic E-state index is 6.04. The van der Waals surface area contributed by atoms with E-state index in [-0.39, 0.29) is 6.10 Å². The standard InChI is InChI=1S/C14H17N3O/c1-16-7-6-12(16)14-13-10-4-2-3-5-11(10)15-17(13)8-9-18-14/h2-5,12,14H,6-9H2,1H3/t12-,14?/m0/s1. The van der Waals surface area contributed by atoms with Crippen LogP contribution in [-0.4, -0.2) is 40.9 Å². The first-order valence-electron chi connectivity index (χ1n) is 6.62. The van der Waals surface area contributed by atoms with E-state index in [1.165, 1.54) is 24.0 Å². The summed E-state index contributed by atoms with van der Waals surface area (Å²) in [4.78, 5) is 2.38. The highest BCUT2D eigenvalue weighted by atomic mass is 16.5. The summed E-state index contributed by atoms with van der Waals surface area (Å²) in [6, 6.07) is 8.90. The smallest absolute Gasteiger partial charge is 0.115 e. The largest absolute Gasteiger partial charge is 0.368 e. The number of nitrogens with zero attached hydrogens (tertiary/aromatic N) is 3. The normalized spacial score (nSPS) is 28.1. The Kier molecular flexibility index (Phi) is 2.22. The van der Waals surface area contributed by atoms with Crippen LogP contribution in [0.25, 0.3) is 10.9 Å². The molecule has 94 valence electrons. The second kappa shape index (κ2) is 3.80. The molecule has 1 aromatic heterocycles. The average Bonchev–Trinajstić information content (AvgIpc) is 2.76. The maximum Gasteiger partial charge on any atom is 0.115 e. The van der Waals surface area contributed by atoms with Crippen molar-refractivity contribution in [1.29, 1.82) is 0 Å². The number of hydrogen-bond acceptors (Lipinski definition) is 3. The summed E-state index contributed by atoms with van der Waals surface area (Å²) in [6.07, 6.45) is 1.41. The van der Waals surface area contributed by atoms with E-state index in [1.54, 1.807) is 0 Å². The van der Waals surface area contributed by atoms with E-state index in [2.05, 4.69) is 39.9 Å². The van der Waals surface area contributed by atoms with Gasteiger partial charge in [-0.25, -0.2) is 0 Å². The van der Waals surface area contributed by atoms with E-state index in [1.807, 2.05) is 6.07 Å². The Morgan fingerprint density at radius 2 is 2.17 bits per heavy atom. The summed E-state index contributed by atoms with van der Waals surface area (Å²) in [7, 11) is 2.18. The molecular formula is C14H17N3O. The number of likely N-dealkylation sites (N-methyl/N-ethyl adjacent to an activating group) is 1. The molecule has 0 amide bonds. The van der Waals surface area contributed by atoms with Gasteiger partial charge in [-0.15, -0.1) is 0 Å². The van der Waals surface area contributed by atoms with Crippen LogP contribution in [0.1, 0.15) is 18.2 Å². The lowest BCUT2D eigenvalue weighted by Crippen LogP contribution is -2.50. The molecule has 0 aliphatic carbocycles. The first-order chi connectivity index (χ1) is 8.84. The van der Waals surface area contributed by atoms with E-state index >= 15 is 0 Å². The van der Waals surface area contributed by atoms with Gasteiger partial charge in [0.1, 0.15) is 6.10 Å². The van der Waals surface area contributed by atoms with Gasteiger partial charge in [-0.3, -0.25) is 4.68 Å². The highest BCUT2D eigenvalue weighted by Gasteiger charge is 2.38. The second-order valence-electron chi connectivity index (χ2n) is 5.25. The van der Waals surface area contributed by atoms with Crippen LogP contribution in [-0.2, 0) is 11.3 Å². The summed E-state index contributed by atoms with van der Waals surface area (Å²) >= 11 is 0. The van der Waals surface area contributed by atoms with Crippen molar-refractivity contribution in [3.63, 3.8) is 0 Å². The van der Waals surface area contributed by atoms with Gasteiger partial charge >= 0.3 is 0 Å². The van der Waals surface area contributed by atoms with Gasteiger partial charge < -0.3 is 9.64 Å². The number of ether oxygens (including phenoxy) is 1. The van der Waals surface area contributed by atoms with Crippen molar-refractivity contribution in [3.05, 3.63) is 30.0 Å². The minimum atomic E-state index is 0.185. The summed E-state index contributed by atoms with van der Waals surface area (Å²) in [5, 5.41) is 5.94. The van der Waals surface area contributed by atoms with Gasteiger partial charge in [0.2, 0.25) is 0 Å². The number of aromatic nitrogens is 2. The molecule has 1 fully saturated rings. The van der Waals surface area contributed by atoms with Crippen molar-refractivity contribution < 1.29 is 4.74 Å². The monoisotopic (exact) mass is 243 g/mol. The molecule has 1 unspecified atom stereocenters. The summed E-state index contributed by atoms with van der Waals surface area (Å²) < 4.78 is 8.19. The lowest BCUT2D eigenvalue weighted by atomic mass is 9.93. The first-order valence-corrected chi connectivity index (χ1v) is 6.62. The number of fused-ring (bicyclic) bond motifs is 3. The minimum absolute atomic E-state index is 0.185. The van der Waals surface area contributed by atoms with Gasteiger partial charge in [0.05, 0.1) is 24.4 Å². The van der Waals surface area contributed by atoms with Gasteiger partial charge in [-0.05, 0) is 26.1 Å². The van der Waals surface area contributed by atoms with Crippen molar-refractivity contribution in [3.8, 4) is 0 Å².